The lowest BCUT2D eigenvalue weighted by Crippen LogP contribution is -2.23. The Morgan fingerprint density at radius 2 is 0.872 bits per heavy atom. The van der Waals surface area contributed by atoms with Crippen molar-refractivity contribution in [1.29, 1.82) is 0 Å². The van der Waals surface area contributed by atoms with E-state index < -0.39 is 0 Å². The van der Waals surface area contributed by atoms with Gasteiger partial charge in [0.15, 0.2) is 0 Å². The zero-order valence-electron chi connectivity index (χ0n) is 24.7. The van der Waals surface area contributed by atoms with Gasteiger partial charge in [-0.25, -0.2) is 9.78 Å². The van der Waals surface area contributed by atoms with E-state index in [-0.39, 0.29) is 5.60 Å². The van der Waals surface area contributed by atoms with Crippen LogP contribution in [0.3, 0.4) is 0 Å². The van der Waals surface area contributed by atoms with Crippen LogP contribution in [0.15, 0.2) is 127 Å². The van der Waals surface area contributed by atoms with Crippen molar-refractivity contribution in [2.75, 3.05) is 27.4 Å². The first kappa shape index (κ1) is 33.6. The Kier molecular flexibility index (Phi) is 16.9. The average molecular weight is 531 g/mol. The van der Waals surface area contributed by atoms with E-state index in [1.54, 1.807) is 7.11 Å². The van der Waals surface area contributed by atoms with Gasteiger partial charge in [-0.15, -0.1) is 0 Å². The molecule has 0 N–H and O–H groups in total. The van der Waals surface area contributed by atoms with Crippen LogP contribution in [0.4, 0.5) is 0 Å². The summed E-state index contributed by atoms with van der Waals surface area (Å²) in [4.78, 5) is 9.22. The van der Waals surface area contributed by atoms with E-state index in [0.717, 1.165) is 11.3 Å². The number of hydrogen-bond acceptors (Lipinski definition) is 4. The SMILES string of the molecule is CC(C)(C)c1ccccc1.COOCCOC(C)(C)c1ccccc1.COc1ccccc1.c1ccccc1. The first-order valence-electron chi connectivity index (χ1n) is 13.2. The molecule has 4 heteroatoms. The van der Waals surface area contributed by atoms with Crippen LogP contribution in [0.2, 0.25) is 0 Å². The van der Waals surface area contributed by atoms with Crippen molar-refractivity contribution in [2.24, 2.45) is 0 Å². The van der Waals surface area contributed by atoms with Crippen molar-refractivity contribution in [3.63, 3.8) is 0 Å². The molecule has 0 aliphatic rings. The normalized spacial score (nSPS) is 10.4. The average Bonchev–Trinajstić information content (AvgIpc) is 2.98. The van der Waals surface area contributed by atoms with Gasteiger partial charge < -0.3 is 9.47 Å². The van der Waals surface area contributed by atoms with E-state index in [4.69, 9.17) is 14.4 Å². The second-order valence-corrected chi connectivity index (χ2v) is 10.0. The summed E-state index contributed by atoms with van der Waals surface area (Å²) >= 11 is 0. The Bertz CT molecular complexity index is 1030. The Hall–Kier alpha value is -3.44. The molecule has 0 heterocycles. The number of rotatable bonds is 7. The third-order valence-corrected chi connectivity index (χ3v) is 5.50. The van der Waals surface area contributed by atoms with Gasteiger partial charge in [0, 0.05) is 0 Å². The van der Waals surface area contributed by atoms with Gasteiger partial charge in [-0.05, 0) is 42.5 Å². The molecule has 0 aliphatic carbocycles. The molecule has 0 amide bonds. The summed E-state index contributed by atoms with van der Waals surface area (Å²) in [5, 5.41) is 0. The maximum Gasteiger partial charge on any atom is 0.118 e. The molecule has 210 valence electrons. The van der Waals surface area contributed by atoms with Crippen molar-refractivity contribution in [3.05, 3.63) is 139 Å². The largest absolute Gasteiger partial charge is 0.497 e. The van der Waals surface area contributed by atoms with Crippen molar-refractivity contribution in [3.8, 4) is 5.75 Å². The van der Waals surface area contributed by atoms with E-state index in [9.17, 15) is 0 Å². The number of hydrogen-bond donors (Lipinski definition) is 0. The topological polar surface area (TPSA) is 36.9 Å². The zero-order valence-corrected chi connectivity index (χ0v) is 24.7. The van der Waals surface area contributed by atoms with Crippen LogP contribution in [-0.2, 0) is 25.5 Å². The third kappa shape index (κ3) is 16.2. The molecule has 0 radical (unpaired) electrons. The van der Waals surface area contributed by atoms with Gasteiger partial charge in [0.05, 0.1) is 26.4 Å². The van der Waals surface area contributed by atoms with Gasteiger partial charge in [0.25, 0.3) is 0 Å². The van der Waals surface area contributed by atoms with Gasteiger partial charge in [0.2, 0.25) is 0 Å². The Morgan fingerprint density at radius 3 is 1.21 bits per heavy atom. The highest BCUT2D eigenvalue weighted by atomic mass is 17.2. The van der Waals surface area contributed by atoms with E-state index in [1.807, 2.05) is 98.8 Å². The molecule has 0 unspecified atom stereocenters. The second kappa shape index (κ2) is 19.6. The Morgan fingerprint density at radius 1 is 0.487 bits per heavy atom. The van der Waals surface area contributed by atoms with Gasteiger partial charge in [-0.2, -0.15) is 0 Å². The molecule has 0 saturated heterocycles. The van der Waals surface area contributed by atoms with Gasteiger partial charge in [-0.3, -0.25) is 0 Å². The Labute approximate surface area is 236 Å². The molecule has 0 saturated carbocycles. The number of ether oxygens (including phenoxy) is 2. The van der Waals surface area contributed by atoms with Crippen LogP contribution in [-0.4, -0.2) is 27.4 Å². The van der Waals surface area contributed by atoms with Crippen LogP contribution in [0.5, 0.6) is 5.75 Å². The minimum atomic E-state index is -0.293. The molecule has 4 aromatic carbocycles. The lowest BCUT2D eigenvalue weighted by molar-refractivity contribution is -0.281. The summed E-state index contributed by atoms with van der Waals surface area (Å²) in [5.74, 6) is 0.910. The summed E-state index contributed by atoms with van der Waals surface area (Å²) in [6.07, 6.45) is 0. The van der Waals surface area contributed by atoms with Crippen LogP contribution in [0, 0.1) is 0 Å². The first-order chi connectivity index (χ1) is 18.7. The summed E-state index contributed by atoms with van der Waals surface area (Å²) in [6, 6.07) is 42.3. The number of methoxy groups -OCH3 is 1. The molecule has 4 nitrogen and oxygen atoms in total. The Balaban J connectivity index is 0.000000275. The first-order valence-corrected chi connectivity index (χ1v) is 13.2. The fourth-order valence-corrected chi connectivity index (χ4v) is 3.22. The van der Waals surface area contributed by atoms with E-state index in [2.05, 4.69) is 68.1 Å². The fourth-order valence-electron chi connectivity index (χ4n) is 3.22. The molecule has 0 spiro atoms. The van der Waals surface area contributed by atoms with Crippen molar-refractivity contribution < 1.29 is 19.2 Å². The highest BCUT2D eigenvalue weighted by Gasteiger charge is 2.20. The zero-order chi connectivity index (χ0) is 28.8. The molecule has 39 heavy (non-hydrogen) atoms. The lowest BCUT2D eigenvalue weighted by atomic mass is 9.87. The molecule has 4 aromatic rings. The van der Waals surface area contributed by atoms with E-state index >= 15 is 0 Å². The molecule has 0 atom stereocenters. The van der Waals surface area contributed by atoms with Crippen molar-refractivity contribution >= 4 is 0 Å². The summed E-state index contributed by atoms with van der Waals surface area (Å²) in [5.41, 5.74) is 2.55. The van der Waals surface area contributed by atoms with E-state index in [1.165, 1.54) is 12.7 Å². The van der Waals surface area contributed by atoms with Gasteiger partial charge >= 0.3 is 0 Å². The molecule has 0 bridgehead atoms. The number of benzene rings is 4. The molecular weight excluding hydrogens is 484 g/mol. The van der Waals surface area contributed by atoms with Crippen LogP contribution >= 0.6 is 0 Å². The minimum absolute atomic E-state index is 0.293. The van der Waals surface area contributed by atoms with Crippen LogP contribution < -0.4 is 4.74 Å². The predicted molar refractivity (Wildman–Crippen MR) is 163 cm³/mol. The molecule has 4 rings (SSSR count). The summed E-state index contributed by atoms with van der Waals surface area (Å²) in [6.45, 7) is 11.7. The number of para-hydroxylation sites is 1. The van der Waals surface area contributed by atoms with Crippen molar-refractivity contribution in [1.82, 2.24) is 0 Å². The maximum absolute atomic E-state index is 5.71. The minimum Gasteiger partial charge on any atom is -0.497 e. The molecule has 0 fully saturated rings. The standard InChI is InChI=1S/C12H18O3.C10H14.C7H8O.C6H6/c1-12(2,14-9-10-15-13-3)11-7-5-4-6-8-11;1-10(2,3)9-7-5-4-6-8-9;1-8-7-5-3-2-4-6-7;1-2-4-6-5-3-1/h4-8H,9-10H2,1-3H3;4-8H,1-3H3;2-6H,1H3;1-6H. The third-order valence-electron chi connectivity index (χ3n) is 5.50. The smallest absolute Gasteiger partial charge is 0.118 e. The van der Waals surface area contributed by atoms with Crippen molar-refractivity contribution in [2.45, 2.75) is 45.6 Å². The molecular formula is C35H46O4. The van der Waals surface area contributed by atoms with Gasteiger partial charge in [-0.1, -0.05) is 136 Å². The summed E-state index contributed by atoms with van der Waals surface area (Å²) in [7, 11) is 3.15. The lowest BCUT2D eigenvalue weighted by Gasteiger charge is -2.25. The van der Waals surface area contributed by atoms with Gasteiger partial charge in [0.1, 0.15) is 12.4 Å². The summed E-state index contributed by atoms with van der Waals surface area (Å²) < 4.78 is 10.6. The monoisotopic (exact) mass is 530 g/mol. The van der Waals surface area contributed by atoms with Crippen LogP contribution in [0.1, 0.15) is 45.7 Å². The highest BCUT2D eigenvalue weighted by molar-refractivity contribution is 5.22. The fraction of sp³-hybridized carbons (Fsp3) is 0.314. The predicted octanol–water partition coefficient (Wildman–Crippen LogP) is 8.88. The highest BCUT2D eigenvalue weighted by Crippen LogP contribution is 2.24. The molecule has 0 aliphatic heterocycles. The quantitative estimate of drug-likeness (QED) is 0.136. The maximum atomic E-state index is 5.71. The molecule has 0 aromatic heterocycles. The van der Waals surface area contributed by atoms with E-state index in [0.29, 0.717) is 18.6 Å². The van der Waals surface area contributed by atoms with Crippen LogP contribution in [0.25, 0.3) is 0 Å². The second-order valence-electron chi connectivity index (χ2n) is 10.0.